The first kappa shape index (κ1) is 22.3. The maximum atomic E-state index is 2.48. The first-order valence-corrected chi connectivity index (χ1v) is 5.85. The van der Waals surface area contributed by atoms with E-state index in [-0.39, 0.29) is 37.7 Å². The topological polar surface area (TPSA) is 6.48 Å². The van der Waals surface area contributed by atoms with Crippen molar-refractivity contribution in [3.63, 3.8) is 0 Å². The molecule has 0 amide bonds. The van der Waals surface area contributed by atoms with Gasteiger partial charge in [-0.1, -0.05) is 0 Å². The number of rotatable bonds is 5. The molecule has 0 saturated heterocycles. The van der Waals surface area contributed by atoms with Crippen LogP contribution in [-0.2, 0) is 0 Å². The molecule has 0 aromatic heterocycles. The van der Waals surface area contributed by atoms with Crippen molar-refractivity contribution in [3.05, 3.63) is 0 Å². The first-order valence-electron chi connectivity index (χ1n) is 5.85. The van der Waals surface area contributed by atoms with E-state index in [9.17, 15) is 0 Å². The summed E-state index contributed by atoms with van der Waals surface area (Å²) in [6, 6.07) is 2.28. The van der Waals surface area contributed by atoms with Crippen molar-refractivity contribution in [1.29, 1.82) is 0 Å². The minimum absolute atomic E-state index is 0. The van der Waals surface area contributed by atoms with Crippen molar-refractivity contribution in [2.75, 3.05) is 0 Å². The molecule has 0 rings (SSSR count). The molecule has 0 atom stereocenters. The second-order valence-corrected chi connectivity index (χ2v) is 5.14. The molecule has 0 aromatic rings. The first-order chi connectivity index (χ1) is 6.29. The summed E-state index contributed by atoms with van der Waals surface area (Å²) < 4.78 is 0. The molecule has 0 N–H and O–H groups in total. The predicted molar refractivity (Wildman–Crippen MR) is 78.5 cm³/mol. The third-order valence-electron chi connectivity index (χ3n) is 2.38. The summed E-state index contributed by atoms with van der Waals surface area (Å²) in [7, 11) is 0. The molecule has 0 bridgehead atoms. The Balaban J connectivity index is -0.000000845. The second-order valence-electron chi connectivity index (χ2n) is 5.14. The van der Waals surface area contributed by atoms with E-state index >= 15 is 0 Å². The molecule has 0 heterocycles. The summed E-state index contributed by atoms with van der Waals surface area (Å²) in [5.74, 6) is 0. The minimum atomic E-state index is 0. The summed E-state index contributed by atoms with van der Waals surface area (Å²) >= 11 is 0. The summed E-state index contributed by atoms with van der Waals surface area (Å²) in [5.41, 5.74) is 0. The van der Waals surface area contributed by atoms with Crippen LogP contribution in [-0.4, -0.2) is 71.9 Å². The van der Waals surface area contributed by atoms with E-state index in [2.05, 4.69) is 65.4 Å². The quantitative estimate of drug-likeness (QED) is 0.511. The summed E-state index contributed by atoms with van der Waals surface area (Å²) in [6.45, 7) is 18.1. The van der Waals surface area contributed by atoms with Gasteiger partial charge in [-0.3, -0.25) is 0 Å². The molecule has 0 radical (unpaired) electrons. The monoisotopic (exact) mass is 216 g/mol. The molecule has 0 saturated carbocycles. The van der Waals surface area contributed by atoms with E-state index in [1.165, 1.54) is 0 Å². The van der Waals surface area contributed by atoms with Crippen LogP contribution in [0.25, 0.3) is 0 Å². The van der Waals surface area contributed by atoms with Crippen molar-refractivity contribution < 1.29 is 0 Å². The van der Waals surface area contributed by atoms with E-state index < -0.39 is 0 Å². The fourth-order valence-corrected chi connectivity index (χ4v) is 2.26. The Morgan fingerprint density at radius 1 is 0.438 bits per heavy atom. The van der Waals surface area contributed by atoms with Gasteiger partial charge in [0.1, 0.15) is 0 Å². The molecule has 2 nitrogen and oxygen atoms in total. The van der Waals surface area contributed by atoms with E-state index in [0.29, 0.717) is 24.2 Å². The van der Waals surface area contributed by atoms with Gasteiger partial charge in [-0.05, 0) is 55.4 Å². The molecule has 0 fully saturated rings. The zero-order chi connectivity index (χ0) is 11.5. The Morgan fingerprint density at radius 2 is 0.562 bits per heavy atom. The van der Waals surface area contributed by atoms with Gasteiger partial charge in [-0.25, -0.2) is 10.0 Å². The summed E-state index contributed by atoms with van der Waals surface area (Å²) in [5, 5.41) is 4.96. The van der Waals surface area contributed by atoms with E-state index in [1.54, 1.807) is 0 Å². The van der Waals surface area contributed by atoms with Crippen LogP contribution in [0.1, 0.15) is 55.4 Å². The molecule has 0 aliphatic heterocycles. The normalized spacial score (nSPS) is 11.6. The second kappa shape index (κ2) is 10.1. The van der Waals surface area contributed by atoms with Gasteiger partial charge < -0.3 is 0 Å². The van der Waals surface area contributed by atoms with Gasteiger partial charge in [-0.2, -0.15) is 0 Å². The van der Waals surface area contributed by atoms with Crippen LogP contribution in [0.5, 0.6) is 0 Å². The van der Waals surface area contributed by atoms with Crippen molar-refractivity contribution in [2.24, 2.45) is 0 Å². The molecule has 0 unspecified atom stereocenters. The van der Waals surface area contributed by atoms with Crippen molar-refractivity contribution in [3.8, 4) is 0 Å². The molecular formula is C12H30Li2N2. The zero-order valence-corrected chi connectivity index (χ0v) is 11.2. The van der Waals surface area contributed by atoms with Crippen molar-refractivity contribution in [2.45, 2.75) is 79.6 Å². The molecule has 0 aliphatic rings. The van der Waals surface area contributed by atoms with Crippen LogP contribution < -0.4 is 0 Å². The Bertz CT molecular complexity index is 125. The molecule has 4 heteroatoms. The molecule has 0 aliphatic carbocycles. The van der Waals surface area contributed by atoms with E-state index in [1.807, 2.05) is 0 Å². The van der Waals surface area contributed by atoms with Crippen LogP contribution in [0.2, 0.25) is 0 Å². The van der Waals surface area contributed by atoms with Gasteiger partial charge in [0, 0.05) is 24.2 Å². The third-order valence-corrected chi connectivity index (χ3v) is 2.38. The SMILES string of the molecule is CC(C)N(C(C)C)N(C(C)C)C(C)C.[LiH].[LiH]. The van der Waals surface area contributed by atoms with E-state index in [0.717, 1.165) is 0 Å². The third kappa shape index (κ3) is 6.75. The molecule has 16 heavy (non-hydrogen) atoms. The van der Waals surface area contributed by atoms with Crippen molar-refractivity contribution >= 4 is 37.7 Å². The van der Waals surface area contributed by atoms with E-state index in [4.69, 9.17) is 0 Å². The van der Waals surface area contributed by atoms with Gasteiger partial charge >= 0.3 is 37.7 Å². The molecule has 0 spiro atoms. The Hall–Kier alpha value is 1.11. The fraction of sp³-hybridized carbons (Fsp3) is 1.00. The summed E-state index contributed by atoms with van der Waals surface area (Å²) in [6.07, 6.45) is 0. The molecule has 90 valence electrons. The zero-order valence-electron chi connectivity index (χ0n) is 11.2. The van der Waals surface area contributed by atoms with Gasteiger partial charge in [-0.15, -0.1) is 0 Å². The number of hydrogen-bond donors (Lipinski definition) is 0. The number of nitrogens with zero attached hydrogens (tertiary/aromatic N) is 2. The average molecular weight is 216 g/mol. The van der Waals surface area contributed by atoms with Crippen LogP contribution >= 0.6 is 0 Å². The average Bonchev–Trinajstić information content (AvgIpc) is 1.96. The fourth-order valence-electron chi connectivity index (χ4n) is 2.26. The standard InChI is InChI=1S/C12H28N2.2Li.2H/c1-9(2)13(10(3)4)14(11(5)6)12(7)8;;;;/h9-12H,1-8H3;;;;. The van der Waals surface area contributed by atoms with Gasteiger partial charge in [0.05, 0.1) is 0 Å². The van der Waals surface area contributed by atoms with Gasteiger partial charge in [0.15, 0.2) is 0 Å². The van der Waals surface area contributed by atoms with Gasteiger partial charge in [0.25, 0.3) is 0 Å². The Labute approximate surface area is 127 Å². The van der Waals surface area contributed by atoms with Crippen LogP contribution in [0, 0.1) is 0 Å². The molecular weight excluding hydrogens is 186 g/mol. The Morgan fingerprint density at radius 3 is 0.625 bits per heavy atom. The van der Waals surface area contributed by atoms with Crippen molar-refractivity contribution in [1.82, 2.24) is 10.0 Å². The van der Waals surface area contributed by atoms with Gasteiger partial charge in [0.2, 0.25) is 0 Å². The number of hydrazine groups is 1. The van der Waals surface area contributed by atoms with Crippen LogP contribution in [0.15, 0.2) is 0 Å². The summed E-state index contributed by atoms with van der Waals surface area (Å²) in [4.78, 5) is 0. The Kier molecular flexibility index (Phi) is 14.0. The van der Waals surface area contributed by atoms with Crippen LogP contribution in [0.3, 0.4) is 0 Å². The predicted octanol–water partition coefficient (Wildman–Crippen LogP) is 1.84. The maximum absolute atomic E-state index is 2.48. The van der Waals surface area contributed by atoms with Crippen LogP contribution in [0.4, 0.5) is 0 Å². The molecule has 0 aromatic carbocycles. The number of hydrogen-bond acceptors (Lipinski definition) is 2.